The second-order valence-corrected chi connectivity index (χ2v) is 3.37. The molecule has 0 fully saturated rings. The van der Waals surface area contributed by atoms with Gasteiger partial charge in [0, 0.05) is 12.7 Å². The molecular formula is C11H17N3O2. The number of likely N-dealkylation sites (N-methyl/N-ethyl adjacent to an activating group) is 1. The van der Waals surface area contributed by atoms with Gasteiger partial charge < -0.3 is 15.8 Å². The minimum absolute atomic E-state index is 0.311. The summed E-state index contributed by atoms with van der Waals surface area (Å²) < 4.78 is 5.41. The van der Waals surface area contributed by atoms with Gasteiger partial charge in [-0.2, -0.15) is 0 Å². The minimum atomic E-state index is -0.510. The van der Waals surface area contributed by atoms with E-state index in [2.05, 4.69) is 10.3 Å². The average molecular weight is 223 g/mol. The van der Waals surface area contributed by atoms with E-state index in [0.29, 0.717) is 24.6 Å². The molecule has 1 aromatic rings. The lowest BCUT2D eigenvalue weighted by molar-refractivity contribution is 0.0995. The Hall–Kier alpha value is -1.62. The number of carbonyl (C=O) groups excluding carboxylic acids is 1. The first-order chi connectivity index (χ1) is 7.66. The zero-order valence-corrected chi connectivity index (χ0v) is 9.62. The third kappa shape index (κ3) is 3.20. The highest BCUT2D eigenvalue weighted by Crippen LogP contribution is 2.17. The fourth-order valence-electron chi connectivity index (χ4n) is 1.34. The number of pyridine rings is 1. The Balaban J connectivity index is 2.71. The molecule has 3 N–H and O–H groups in total. The molecular weight excluding hydrogens is 206 g/mol. The Morgan fingerprint density at radius 2 is 2.38 bits per heavy atom. The van der Waals surface area contributed by atoms with E-state index in [1.54, 1.807) is 19.2 Å². The summed E-state index contributed by atoms with van der Waals surface area (Å²) in [6.07, 6.45) is 1.60. The molecule has 0 atom stereocenters. The highest BCUT2D eigenvalue weighted by atomic mass is 16.5. The van der Waals surface area contributed by atoms with Gasteiger partial charge in [0.05, 0.1) is 0 Å². The van der Waals surface area contributed by atoms with E-state index in [1.165, 1.54) is 0 Å². The molecule has 1 rings (SSSR count). The van der Waals surface area contributed by atoms with Crippen LogP contribution in [0.4, 0.5) is 0 Å². The zero-order chi connectivity index (χ0) is 12.0. The van der Waals surface area contributed by atoms with Gasteiger partial charge in [-0.15, -0.1) is 0 Å². The molecule has 16 heavy (non-hydrogen) atoms. The van der Waals surface area contributed by atoms with E-state index in [4.69, 9.17) is 10.5 Å². The molecule has 0 saturated carbocycles. The van der Waals surface area contributed by atoms with Crippen LogP contribution in [0, 0.1) is 6.92 Å². The van der Waals surface area contributed by atoms with E-state index in [9.17, 15) is 4.79 Å². The SMILES string of the molecule is CCNCCOc1nccc(C)c1C(N)=O. The van der Waals surface area contributed by atoms with E-state index in [1.807, 2.05) is 6.92 Å². The largest absolute Gasteiger partial charge is 0.476 e. The summed E-state index contributed by atoms with van der Waals surface area (Å²) in [7, 11) is 0. The number of primary amides is 1. The van der Waals surface area contributed by atoms with Gasteiger partial charge in [-0.05, 0) is 25.1 Å². The second-order valence-electron chi connectivity index (χ2n) is 3.37. The van der Waals surface area contributed by atoms with Crippen LogP contribution >= 0.6 is 0 Å². The first kappa shape index (κ1) is 12.4. The molecule has 0 radical (unpaired) electrons. The molecule has 5 nitrogen and oxygen atoms in total. The summed E-state index contributed by atoms with van der Waals surface area (Å²) in [5, 5.41) is 3.11. The molecule has 5 heteroatoms. The maximum absolute atomic E-state index is 11.2. The number of nitrogens with two attached hydrogens (primary N) is 1. The first-order valence-corrected chi connectivity index (χ1v) is 5.25. The molecule has 1 aromatic heterocycles. The van der Waals surface area contributed by atoms with Crippen molar-refractivity contribution in [1.82, 2.24) is 10.3 Å². The number of hydrogen-bond donors (Lipinski definition) is 2. The lowest BCUT2D eigenvalue weighted by Crippen LogP contribution is -2.22. The quantitative estimate of drug-likeness (QED) is 0.687. The number of amides is 1. The average Bonchev–Trinajstić information content (AvgIpc) is 2.24. The molecule has 1 heterocycles. The smallest absolute Gasteiger partial charge is 0.254 e. The molecule has 88 valence electrons. The molecule has 0 saturated heterocycles. The molecule has 0 bridgehead atoms. The van der Waals surface area contributed by atoms with Crippen molar-refractivity contribution in [3.63, 3.8) is 0 Å². The van der Waals surface area contributed by atoms with Crippen LogP contribution in [0.3, 0.4) is 0 Å². The van der Waals surface area contributed by atoms with Crippen LogP contribution in [0.25, 0.3) is 0 Å². The van der Waals surface area contributed by atoms with Gasteiger partial charge in [-0.1, -0.05) is 6.92 Å². The van der Waals surface area contributed by atoms with Gasteiger partial charge in [0.15, 0.2) is 0 Å². The summed E-state index contributed by atoms with van der Waals surface area (Å²) in [6, 6.07) is 1.73. The monoisotopic (exact) mass is 223 g/mol. The highest BCUT2D eigenvalue weighted by molar-refractivity contribution is 5.96. The number of hydrogen-bond acceptors (Lipinski definition) is 4. The van der Waals surface area contributed by atoms with Crippen molar-refractivity contribution >= 4 is 5.91 Å². The third-order valence-corrected chi connectivity index (χ3v) is 2.14. The van der Waals surface area contributed by atoms with Crippen molar-refractivity contribution < 1.29 is 9.53 Å². The summed E-state index contributed by atoms with van der Waals surface area (Å²) >= 11 is 0. The summed E-state index contributed by atoms with van der Waals surface area (Å²) in [6.45, 7) is 5.88. The van der Waals surface area contributed by atoms with Crippen molar-refractivity contribution in [2.24, 2.45) is 5.73 Å². The van der Waals surface area contributed by atoms with Crippen LogP contribution in [0.1, 0.15) is 22.8 Å². The number of rotatable bonds is 6. The predicted molar refractivity (Wildman–Crippen MR) is 61.5 cm³/mol. The van der Waals surface area contributed by atoms with Gasteiger partial charge in [-0.25, -0.2) is 4.98 Å². The van der Waals surface area contributed by atoms with Crippen LogP contribution in [-0.2, 0) is 0 Å². The fraction of sp³-hybridized carbons (Fsp3) is 0.455. The summed E-state index contributed by atoms with van der Waals surface area (Å²) in [5.74, 6) is -0.200. The topological polar surface area (TPSA) is 77.2 Å². The van der Waals surface area contributed by atoms with E-state index in [0.717, 1.165) is 12.1 Å². The predicted octanol–water partition coefficient (Wildman–Crippen LogP) is 0.477. The van der Waals surface area contributed by atoms with Gasteiger partial charge >= 0.3 is 0 Å². The van der Waals surface area contributed by atoms with Crippen molar-refractivity contribution in [2.45, 2.75) is 13.8 Å². The molecule has 0 unspecified atom stereocenters. The van der Waals surface area contributed by atoms with E-state index >= 15 is 0 Å². The second kappa shape index (κ2) is 6.07. The maximum Gasteiger partial charge on any atom is 0.254 e. The first-order valence-electron chi connectivity index (χ1n) is 5.25. The van der Waals surface area contributed by atoms with Crippen LogP contribution in [0.2, 0.25) is 0 Å². The van der Waals surface area contributed by atoms with Gasteiger partial charge in [0.1, 0.15) is 12.2 Å². The summed E-state index contributed by atoms with van der Waals surface area (Å²) in [4.78, 5) is 15.2. The van der Waals surface area contributed by atoms with E-state index in [-0.39, 0.29) is 0 Å². The Bertz CT molecular complexity index is 366. The Morgan fingerprint density at radius 1 is 1.62 bits per heavy atom. The van der Waals surface area contributed by atoms with Gasteiger partial charge in [-0.3, -0.25) is 4.79 Å². The van der Waals surface area contributed by atoms with Crippen LogP contribution in [0.5, 0.6) is 5.88 Å². The van der Waals surface area contributed by atoms with Crippen molar-refractivity contribution in [1.29, 1.82) is 0 Å². The standard InChI is InChI=1S/C11H17N3O2/c1-3-13-6-7-16-11-9(10(12)15)8(2)4-5-14-11/h4-5,13H,3,6-7H2,1-2H3,(H2,12,15). The van der Waals surface area contributed by atoms with Crippen molar-refractivity contribution in [2.75, 3.05) is 19.7 Å². The Kier molecular flexibility index (Phi) is 4.72. The molecule has 0 aliphatic rings. The number of nitrogens with zero attached hydrogens (tertiary/aromatic N) is 1. The number of aromatic nitrogens is 1. The van der Waals surface area contributed by atoms with Crippen molar-refractivity contribution in [3.05, 3.63) is 23.4 Å². The molecule has 0 spiro atoms. The van der Waals surface area contributed by atoms with Crippen LogP contribution in [0.15, 0.2) is 12.3 Å². The van der Waals surface area contributed by atoms with E-state index < -0.39 is 5.91 Å². The lowest BCUT2D eigenvalue weighted by atomic mass is 10.1. The lowest BCUT2D eigenvalue weighted by Gasteiger charge is -2.10. The molecule has 0 aliphatic carbocycles. The number of nitrogens with one attached hydrogen (secondary N) is 1. The zero-order valence-electron chi connectivity index (χ0n) is 9.62. The van der Waals surface area contributed by atoms with Crippen molar-refractivity contribution in [3.8, 4) is 5.88 Å². The Labute approximate surface area is 95.0 Å². The van der Waals surface area contributed by atoms with Gasteiger partial charge in [0.2, 0.25) is 5.88 Å². The molecule has 0 aromatic carbocycles. The number of ether oxygens (including phenoxy) is 1. The summed E-state index contributed by atoms with van der Waals surface area (Å²) in [5.41, 5.74) is 6.41. The highest BCUT2D eigenvalue weighted by Gasteiger charge is 2.13. The van der Waals surface area contributed by atoms with Crippen LogP contribution in [-0.4, -0.2) is 30.6 Å². The minimum Gasteiger partial charge on any atom is -0.476 e. The van der Waals surface area contributed by atoms with Crippen LogP contribution < -0.4 is 15.8 Å². The van der Waals surface area contributed by atoms with Gasteiger partial charge in [0.25, 0.3) is 5.91 Å². The molecule has 0 aliphatic heterocycles. The number of carbonyl (C=O) groups is 1. The number of aryl methyl sites for hydroxylation is 1. The normalized spacial score (nSPS) is 10.1. The third-order valence-electron chi connectivity index (χ3n) is 2.14. The maximum atomic E-state index is 11.2. The fourth-order valence-corrected chi connectivity index (χ4v) is 1.34. The Morgan fingerprint density at radius 3 is 3.00 bits per heavy atom. The molecule has 1 amide bonds.